The van der Waals surface area contributed by atoms with Crippen LogP contribution in [0.15, 0.2) is 24.8 Å². The number of rotatable bonds is 4. The first-order valence-electron chi connectivity index (χ1n) is 9.93. The number of benzene rings is 1. The van der Waals surface area contributed by atoms with E-state index in [2.05, 4.69) is 29.5 Å². The number of likely N-dealkylation sites (tertiary alicyclic amines) is 1. The Labute approximate surface area is 162 Å². The van der Waals surface area contributed by atoms with Gasteiger partial charge in [-0.05, 0) is 50.4 Å². The topological polar surface area (TPSA) is 26.8 Å². The molecule has 2 heterocycles. The molecule has 0 saturated carbocycles. The summed E-state index contributed by atoms with van der Waals surface area (Å²) in [6, 6.07) is 3.93. The minimum absolute atomic E-state index is 0.0149. The highest BCUT2D eigenvalue weighted by molar-refractivity contribution is 5.76. The lowest BCUT2D eigenvalue weighted by molar-refractivity contribution is -0.130. The van der Waals surface area contributed by atoms with E-state index >= 15 is 0 Å². The number of nitrogens with zero attached hydrogens (tertiary/aromatic N) is 3. The summed E-state index contributed by atoms with van der Waals surface area (Å²) in [6.45, 7) is 12.5. The monoisotopic (exact) mass is 373 g/mol. The van der Waals surface area contributed by atoms with Gasteiger partial charge in [-0.2, -0.15) is 0 Å². The molecule has 0 unspecified atom stereocenters. The summed E-state index contributed by atoms with van der Waals surface area (Å²) in [5.41, 5.74) is 2.55. The van der Waals surface area contributed by atoms with Crippen molar-refractivity contribution in [3.63, 3.8) is 0 Å². The lowest BCUT2D eigenvalue weighted by Gasteiger charge is -2.49. The van der Waals surface area contributed by atoms with Gasteiger partial charge in [-0.25, -0.2) is 4.39 Å². The van der Waals surface area contributed by atoms with E-state index in [1.807, 2.05) is 30.9 Å². The summed E-state index contributed by atoms with van der Waals surface area (Å²) in [6.07, 6.45) is 4.25. The van der Waals surface area contributed by atoms with Crippen LogP contribution in [0.1, 0.15) is 36.0 Å². The second-order valence-electron chi connectivity index (χ2n) is 8.22. The third kappa shape index (κ3) is 4.09. The Bertz CT molecular complexity index is 720. The number of halogens is 1. The maximum atomic E-state index is 14.3. The number of amides is 1. The maximum Gasteiger partial charge on any atom is 0.222 e. The van der Waals surface area contributed by atoms with Crippen LogP contribution in [0.4, 0.5) is 4.39 Å². The zero-order valence-electron chi connectivity index (χ0n) is 16.9. The SMILES string of the molecule is C=CCN1CC[C@]2(CCC1=O)CN(Cc1ccc(C)c(F)c1C)CCN2C. The summed E-state index contributed by atoms with van der Waals surface area (Å²) in [5.74, 6) is 0.144. The summed E-state index contributed by atoms with van der Waals surface area (Å²) < 4.78 is 14.3. The van der Waals surface area contributed by atoms with E-state index < -0.39 is 0 Å². The van der Waals surface area contributed by atoms with Crippen LogP contribution in [0, 0.1) is 19.7 Å². The number of aryl methyl sites for hydroxylation is 1. The van der Waals surface area contributed by atoms with Crippen LogP contribution < -0.4 is 0 Å². The molecule has 1 aromatic carbocycles. The predicted molar refractivity (Wildman–Crippen MR) is 107 cm³/mol. The van der Waals surface area contributed by atoms with E-state index in [0.29, 0.717) is 18.5 Å². The van der Waals surface area contributed by atoms with Gasteiger partial charge in [0.25, 0.3) is 0 Å². The third-order valence-electron chi connectivity index (χ3n) is 6.52. The molecule has 0 bridgehead atoms. The number of carbonyl (C=O) groups excluding carboxylic acids is 1. The van der Waals surface area contributed by atoms with Crippen molar-refractivity contribution in [2.75, 3.05) is 39.8 Å². The average Bonchev–Trinajstić information content (AvgIpc) is 2.80. The lowest BCUT2D eigenvalue weighted by Crippen LogP contribution is -2.60. The quantitative estimate of drug-likeness (QED) is 0.759. The molecule has 0 radical (unpaired) electrons. The molecule has 27 heavy (non-hydrogen) atoms. The Hall–Kier alpha value is -1.72. The molecule has 0 aliphatic carbocycles. The highest BCUT2D eigenvalue weighted by Gasteiger charge is 2.42. The smallest absolute Gasteiger partial charge is 0.222 e. The van der Waals surface area contributed by atoms with E-state index in [4.69, 9.17) is 0 Å². The second-order valence-corrected chi connectivity index (χ2v) is 8.22. The minimum Gasteiger partial charge on any atom is -0.339 e. The van der Waals surface area contributed by atoms with Gasteiger partial charge in [0.05, 0.1) is 0 Å². The molecule has 148 valence electrons. The summed E-state index contributed by atoms with van der Waals surface area (Å²) in [4.78, 5) is 19.2. The molecule has 1 atom stereocenters. The molecule has 1 amide bonds. The summed E-state index contributed by atoms with van der Waals surface area (Å²) >= 11 is 0. The first-order chi connectivity index (χ1) is 12.9. The Morgan fingerprint density at radius 3 is 2.74 bits per heavy atom. The van der Waals surface area contributed by atoms with Crippen molar-refractivity contribution in [1.82, 2.24) is 14.7 Å². The molecule has 3 rings (SSSR count). The number of likely N-dealkylation sites (N-methyl/N-ethyl adjacent to an activating group) is 1. The van der Waals surface area contributed by atoms with Gasteiger partial charge in [-0.1, -0.05) is 18.2 Å². The van der Waals surface area contributed by atoms with Crippen molar-refractivity contribution in [3.05, 3.63) is 47.3 Å². The van der Waals surface area contributed by atoms with Crippen molar-refractivity contribution in [3.8, 4) is 0 Å². The molecular formula is C22H32FN3O. The van der Waals surface area contributed by atoms with Crippen molar-refractivity contribution in [1.29, 1.82) is 0 Å². The molecule has 2 aliphatic heterocycles. The Morgan fingerprint density at radius 1 is 1.22 bits per heavy atom. The molecule has 5 heteroatoms. The Morgan fingerprint density at radius 2 is 2.00 bits per heavy atom. The minimum atomic E-state index is -0.0866. The fourth-order valence-electron chi connectivity index (χ4n) is 4.53. The van der Waals surface area contributed by atoms with Crippen LogP contribution in [0.5, 0.6) is 0 Å². The highest BCUT2D eigenvalue weighted by atomic mass is 19.1. The lowest BCUT2D eigenvalue weighted by atomic mass is 9.86. The van der Waals surface area contributed by atoms with Crippen LogP contribution in [-0.4, -0.2) is 65.9 Å². The largest absolute Gasteiger partial charge is 0.339 e. The Balaban J connectivity index is 1.75. The standard InChI is InChI=1S/C22H32FN3O/c1-5-11-26-12-10-22(9-8-20(26)27)16-25(14-13-24(22)4)15-19-7-6-17(2)21(23)18(19)3/h5-7H,1,8-16H2,2-4H3/t22-/m1/s1. The van der Waals surface area contributed by atoms with Crippen LogP contribution in [0.25, 0.3) is 0 Å². The van der Waals surface area contributed by atoms with Gasteiger partial charge >= 0.3 is 0 Å². The molecule has 1 aromatic rings. The Kier molecular flexibility index (Phi) is 6.02. The molecule has 2 aliphatic rings. The third-order valence-corrected chi connectivity index (χ3v) is 6.52. The second kappa shape index (κ2) is 8.11. The van der Waals surface area contributed by atoms with Gasteiger partial charge in [0.2, 0.25) is 5.91 Å². The van der Waals surface area contributed by atoms with Crippen molar-refractivity contribution in [2.45, 2.75) is 45.2 Å². The van der Waals surface area contributed by atoms with Crippen LogP contribution >= 0.6 is 0 Å². The van der Waals surface area contributed by atoms with Gasteiger partial charge in [0.1, 0.15) is 5.82 Å². The molecule has 4 nitrogen and oxygen atoms in total. The van der Waals surface area contributed by atoms with Crippen molar-refractivity contribution < 1.29 is 9.18 Å². The van der Waals surface area contributed by atoms with Crippen molar-refractivity contribution >= 4 is 5.91 Å². The summed E-state index contributed by atoms with van der Waals surface area (Å²) in [7, 11) is 2.18. The van der Waals surface area contributed by atoms with Gasteiger partial charge in [0, 0.05) is 51.2 Å². The molecular weight excluding hydrogens is 341 g/mol. The molecule has 2 fully saturated rings. The van der Waals surface area contributed by atoms with Gasteiger partial charge < -0.3 is 4.90 Å². The van der Waals surface area contributed by atoms with E-state index in [1.54, 1.807) is 0 Å². The van der Waals surface area contributed by atoms with Gasteiger partial charge in [0.15, 0.2) is 0 Å². The fraction of sp³-hybridized carbons (Fsp3) is 0.591. The zero-order chi connectivity index (χ0) is 19.6. The van der Waals surface area contributed by atoms with E-state index in [0.717, 1.165) is 56.7 Å². The first kappa shape index (κ1) is 20.0. The average molecular weight is 374 g/mol. The molecule has 0 aromatic heterocycles. The normalized spacial score (nSPS) is 25.0. The molecule has 0 N–H and O–H groups in total. The van der Waals surface area contributed by atoms with Crippen LogP contribution in [-0.2, 0) is 11.3 Å². The molecule has 1 spiro atoms. The van der Waals surface area contributed by atoms with E-state index in [9.17, 15) is 9.18 Å². The predicted octanol–water partition coefficient (Wildman–Crippen LogP) is 3.13. The van der Waals surface area contributed by atoms with Crippen molar-refractivity contribution in [2.24, 2.45) is 0 Å². The van der Waals surface area contributed by atoms with E-state index in [-0.39, 0.29) is 17.3 Å². The highest BCUT2D eigenvalue weighted by Crippen LogP contribution is 2.33. The van der Waals surface area contributed by atoms with Gasteiger partial charge in [-0.15, -0.1) is 6.58 Å². The number of carbonyl (C=O) groups is 1. The zero-order valence-corrected chi connectivity index (χ0v) is 16.9. The molecule has 2 saturated heterocycles. The first-order valence-corrected chi connectivity index (χ1v) is 9.93. The maximum absolute atomic E-state index is 14.3. The fourth-order valence-corrected chi connectivity index (χ4v) is 4.53. The summed E-state index contributed by atoms with van der Waals surface area (Å²) in [5, 5.41) is 0. The van der Waals surface area contributed by atoms with E-state index in [1.165, 1.54) is 0 Å². The number of hydrogen-bond donors (Lipinski definition) is 0. The number of piperazine rings is 1. The number of hydrogen-bond acceptors (Lipinski definition) is 3. The van der Waals surface area contributed by atoms with Crippen LogP contribution in [0.2, 0.25) is 0 Å². The van der Waals surface area contributed by atoms with Gasteiger partial charge in [-0.3, -0.25) is 14.6 Å². The van der Waals surface area contributed by atoms with Crippen LogP contribution in [0.3, 0.4) is 0 Å².